The van der Waals surface area contributed by atoms with Crippen LogP contribution in [0.25, 0.3) is 0 Å². The van der Waals surface area contributed by atoms with Gasteiger partial charge in [0.25, 0.3) is 5.91 Å². The molecule has 21 heavy (non-hydrogen) atoms. The Labute approximate surface area is 128 Å². The number of hydrogen-bond donors (Lipinski definition) is 1. The van der Waals surface area contributed by atoms with E-state index in [1.807, 2.05) is 0 Å². The number of amides is 3. The molecule has 2 rings (SSSR count). The molecule has 1 N–H and O–H groups in total. The van der Waals surface area contributed by atoms with Gasteiger partial charge in [0.15, 0.2) is 0 Å². The molecule has 1 fully saturated rings. The van der Waals surface area contributed by atoms with Crippen molar-refractivity contribution in [2.75, 3.05) is 12.0 Å². The van der Waals surface area contributed by atoms with Crippen molar-refractivity contribution in [1.82, 2.24) is 10.2 Å². The summed E-state index contributed by atoms with van der Waals surface area (Å²) in [6, 6.07) is 5.53. The SMILES string of the molecule is CS(=O)(=O)CCC1NC(=O)N(Cc2ccc(Cl)cc2)C1=O. The predicted molar refractivity (Wildman–Crippen MR) is 78.6 cm³/mol. The quantitative estimate of drug-likeness (QED) is 0.822. The molecule has 1 saturated heterocycles. The number of urea groups is 1. The van der Waals surface area contributed by atoms with E-state index in [4.69, 9.17) is 11.6 Å². The van der Waals surface area contributed by atoms with Crippen molar-refractivity contribution in [2.45, 2.75) is 19.0 Å². The third-order valence-electron chi connectivity index (χ3n) is 3.14. The summed E-state index contributed by atoms with van der Waals surface area (Å²) in [5, 5.41) is 3.08. The number of sulfone groups is 1. The number of nitrogens with zero attached hydrogens (tertiary/aromatic N) is 1. The van der Waals surface area contributed by atoms with E-state index in [0.29, 0.717) is 5.02 Å². The Morgan fingerprint density at radius 3 is 2.43 bits per heavy atom. The minimum Gasteiger partial charge on any atom is -0.326 e. The maximum Gasteiger partial charge on any atom is 0.325 e. The second-order valence-corrected chi connectivity index (χ2v) is 7.67. The van der Waals surface area contributed by atoms with Gasteiger partial charge in [-0.1, -0.05) is 23.7 Å². The molecule has 0 spiro atoms. The Morgan fingerprint density at radius 2 is 1.86 bits per heavy atom. The molecule has 0 bridgehead atoms. The second-order valence-electron chi connectivity index (χ2n) is 4.97. The second kappa shape index (κ2) is 6.03. The lowest BCUT2D eigenvalue weighted by molar-refractivity contribution is -0.127. The first-order valence-corrected chi connectivity index (χ1v) is 8.74. The zero-order valence-corrected chi connectivity index (χ0v) is 12.9. The van der Waals surface area contributed by atoms with Crippen molar-refractivity contribution < 1.29 is 18.0 Å². The lowest BCUT2D eigenvalue weighted by Crippen LogP contribution is -2.32. The molecule has 0 radical (unpaired) electrons. The number of rotatable bonds is 5. The number of benzene rings is 1. The van der Waals surface area contributed by atoms with Crippen LogP contribution in [0.2, 0.25) is 5.02 Å². The molecule has 8 heteroatoms. The summed E-state index contributed by atoms with van der Waals surface area (Å²) in [7, 11) is -3.17. The van der Waals surface area contributed by atoms with Crippen LogP contribution in [0.5, 0.6) is 0 Å². The minimum absolute atomic E-state index is 0.0839. The molecule has 0 aromatic heterocycles. The van der Waals surface area contributed by atoms with Gasteiger partial charge >= 0.3 is 6.03 Å². The molecule has 3 amide bonds. The molecule has 114 valence electrons. The Morgan fingerprint density at radius 1 is 1.24 bits per heavy atom. The Balaban J connectivity index is 2.03. The number of carbonyl (C=O) groups excluding carboxylic acids is 2. The first kappa shape index (κ1) is 15.8. The van der Waals surface area contributed by atoms with Gasteiger partial charge in [0.05, 0.1) is 12.3 Å². The van der Waals surface area contributed by atoms with Gasteiger partial charge in [0.1, 0.15) is 15.9 Å². The van der Waals surface area contributed by atoms with Crippen LogP contribution in [0.1, 0.15) is 12.0 Å². The van der Waals surface area contributed by atoms with Gasteiger partial charge in [-0.25, -0.2) is 13.2 Å². The van der Waals surface area contributed by atoms with E-state index in [-0.39, 0.29) is 18.7 Å². The van der Waals surface area contributed by atoms with Crippen LogP contribution in [-0.2, 0) is 21.2 Å². The molecule has 0 saturated carbocycles. The minimum atomic E-state index is -3.17. The fraction of sp³-hybridized carbons (Fsp3) is 0.385. The summed E-state index contributed by atoms with van der Waals surface area (Å²) in [6.07, 6.45) is 1.18. The molecule has 6 nitrogen and oxygen atoms in total. The van der Waals surface area contributed by atoms with Crippen LogP contribution in [-0.4, -0.2) is 43.3 Å². The van der Waals surface area contributed by atoms with E-state index < -0.39 is 27.8 Å². The maximum absolute atomic E-state index is 12.1. The van der Waals surface area contributed by atoms with Gasteiger partial charge < -0.3 is 5.32 Å². The molecule has 1 aromatic rings. The molecular formula is C13H15ClN2O4S. The first-order valence-electron chi connectivity index (χ1n) is 6.30. The first-order chi connectivity index (χ1) is 9.76. The van der Waals surface area contributed by atoms with Gasteiger partial charge in [-0.05, 0) is 24.1 Å². The zero-order chi connectivity index (χ0) is 15.6. The molecule has 1 aliphatic rings. The fourth-order valence-electron chi connectivity index (χ4n) is 2.03. The van der Waals surface area contributed by atoms with Crippen LogP contribution in [0, 0.1) is 0 Å². The highest BCUT2D eigenvalue weighted by Gasteiger charge is 2.37. The highest BCUT2D eigenvalue weighted by Crippen LogP contribution is 2.16. The summed E-state index contributed by atoms with van der Waals surface area (Å²) in [4.78, 5) is 25.0. The van der Waals surface area contributed by atoms with Crippen LogP contribution in [0.4, 0.5) is 4.79 Å². The Kier molecular flexibility index (Phi) is 4.53. The van der Waals surface area contributed by atoms with Crippen molar-refractivity contribution >= 4 is 33.4 Å². The Hall–Kier alpha value is -1.60. The lowest BCUT2D eigenvalue weighted by atomic mass is 10.2. The monoisotopic (exact) mass is 330 g/mol. The third kappa shape index (κ3) is 4.18. The molecular weight excluding hydrogens is 316 g/mol. The largest absolute Gasteiger partial charge is 0.326 e. The van der Waals surface area contributed by atoms with Crippen molar-refractivity contribution in [3.63, 3.8) is 0 Å². The molecule has 1 heterocycles. The lowest BCUT2D eigenvalue weighted by Gasteiger charge is -2.13. The van der Waals surface area contributed by atoms with Crippen LogP contribution in [0.15, 0.2) is 24.3 Å². The Bertz CT molecular complexity index is 657. The standard InChI is InChI=1S/C13H15ClN2O4S/c1-21(19,20)7-6-11-12(17)16(13(18)15-11)8-9-2-4-10(14)5-3-9/h2-5,11H,6-8H2,1H3,(H,15,18). The van der Waals surface area contributed by atoms with Gasteiger partial charge in [0.2, 0.25) is 0 Å². The van der Waals surface area contributed by atoms with Crippen molar-refractivity contribution in [3.8, 4) is 0 Å². The zero-order valence-electron chi connectivity index (χ0n) is 11.4. The van der Waals surface area contributed by atoms with Crippen molar-refractivity contribution in [3.05, 3.63) is 34.9 Å². The van der Waals surface area contributed by atoms with E-state index in [2.05, 4.69) is 5.32 Å². The molecule has 1 atom stereocenters. The van der Waals surface area contributed by atoms with Crippen LogP contribution >= 0.6 is 11.6 Å². The molecule has 1 aromatic carbocycles. The summed E-state index contributed by atoms with van der Waals surface area (Å²) >= 11 is 5.78. The van der Waals surface area contributed by atoms with Crippen molar-refractivity contribution in [1.29, 1.82) is 0 Å². The third-order valence-corrected chi connectivity index (χ3v) is 4.37. The number of hydrogen-bond acceptors (Lipinski definition) is 4. The van der Waals surface area contributed by atoms with Gasteiger partial charge in [-0.15, -0.1) is 0 Å². The molecule has 0 aliphatic carbocycles. The van der Waals surface area contributed by atoms with Gasteiger partial charge in [0, 0.05) is 11.3 Å². The van der Waals surface area contributed by atoms with Crippen molar-refractivity contribution in [2.24, 2.45) is 0 Å². The van der Waals surface area contributed by atoms with Crippen LogP contribution in [0.3, 0.4) is 0 Å². The number of halogens is 1. The number of nitrogens with one attached hydrogen (secondary N) is 1. The average molecular weight is 331 g/mol. The fourth-order valence-corrected chi connectivity index (χ4v) is 2.82. The smallest absolute Gasteiger partial charge is 0.325 e. The highest BCUT2D eigenvalue weighted by atomic mass is 35.5. The average Bonchev–Trinajstić information content (AvgIpc) is 2.66. The highest BCUT2D eigenvalue weighted by molar-refractivity contribution is 7.90. The maximum atomic E-state index is 12.1. The van der Waals surface area contributed by atoms with E-state index in [0.717, 1.165) is 16.7 Å². The summed E-state index contributed by atoms with van der Waals surface area (Å²) < 4.78 is 22.3. The predicted octanol–water partition coefficient (Wildman–Crippen LogP) is 1.20. The number of imide groups is 1. The van der Waals surface area contributed by atoms with E-state index >= 15 is 0 Å². The van der Waals surface area contributed by atoms with Crippen LogP contribution < -0.4 is 5.32 Å². The normalized spacial score (nSPS) is 19.0. The summed E-state index contributed by atoms with van der Waals surface area (Å²) in [5.41, 5.74) is 0.770. The van der Waals surface area contributed by atoms with Gasteiger partial charge in [-0.2, -0.15) is 0 Å². The summed E-state index contributed by atoms with van der Waals surface area (Å²) in [5.74, 6) is -0.544. The summed E-state index contributed by atoms with van der Waals surface area (Å²) in [6.45, 7) is 0.136. The van der Waals surface area contributed by atoms with Gasteiger partial charge in [-0.3, -0.25) is 9.69 Å². The van der Waals surface area contributed by atoms with E-state index in [1.54, 1.807) is 24.3 Å². The topological polar surface area (TPSA) is 83.6 Å². The van der Waals surface area contributed by atoms with E-state index in [9.17, 15) is 18.0 Å². The molecule has 1 unspecified atom stereocenters. The van der Waals surface area contributed by atoms with E-state index in [1.165, 1.54) is 0 Å². The molecule has 1 aliphatic heterocycles. The number of carbonyl (C=O) groups is 2.